The number of hydrogen-bond donors (Lipinski definition) is 2. The van der Waals surface area contributed by atoms with Crippen LogP contribution < -0.4 is 10.1 Å². The number of halogens is 1. The third kappa shape index (κ3) is 4.05. The third-order valence-corrected chi connectivity index (χ3v) is 4.64. The van der Waals surface area contributed by atoms with E-state index in [-0.39, 0.29) is 19.0 Å². The zero-order chi connectivity index (χ0) is 18.6. The maximum Gasteiger partial charge on any atom is 0.256 e. The van der Waals surface area contributed by atoms with Crippen LogP contribution in [0.5, 0.6) is 5.75 Å². The van der Waals surface area contributed by atoms with Gasteiger partial charge in [-0.25, -0.2) is 4.39 Å². The second-order valence-corrected chi connectivity index (χ2v) is 6.55. The van der Waals surface area contributed by atoms with Crippen molar-refractivity contribution in [3.05, 3.63) is 53.7 Å². The lowest BCUT2D eigenvalue weighted by Gasteiger charge is -2.38. The average Bonchev–Trinajstić information content (AvgIpc) is 3.14. The first kappa shape index (κ1) is 18.4. The van der Waals surface area contributed by atoms with Gasteiger partial charge >= 0.3 is 0 Å². The molecule has 0 spiro atoms. The Labute approximate surface area is 151 Å². The van der Waals surface area contributed by atoms with Crippen LogP contribution in [0, 0.1) is 5.82 Å². The molecule has 1 fully saturated rings. The number of carbonyl (C=O) groups is 1. The van der Waals surface area contributed by atoms with E-state index in [0.717, 1.165) is 5.56 Å². The molecule has 6 nitrogen and oxygen atoms in total. The molecule has 3 rings (SSSR count). The van der Waals surface area contributed by atoms with Crippen LogP contribution in [0.3, 0.4) is 0 Å². The number of nitrogens with one attached hydrogen (secondary N) is 1. The van der Waals surface area contributed by atoms with E-state index in [4.69, 9.17) is 9.15 Å². The van der Waals surface area contributed by atoms with Crippen molar-refractivity contribution in [2.75, 3.05) is 20.2 Å². The summed E-state index contributed by atoms with van der Waals surface area (Å²) >= 11 is 0. The minimum absolute atomic E-state index is 0.103. The Morgan fingerprint density at radius 1 is 1.42 bits per heavy atom. The highest BCUT2D eigenvalue weighted by atomic mass is 19.1. The molecule has 0 radical (unpaired) electrons. The summed E-state index contributed by atoms with van der Waals surface area (Å²) in [4.78, 5) is 14.3. The number of furan rings is 1. The molecule has 1 saturated heterocycles. The largest absolute Gasteiger partial charge is 0.497 e. The maximum atomic E-state index is 14.1. The van der Waals surface area contributed by atoms with Crippen LogP contribution in [0.4, 0.5) is 4.39 Å². The highest BCUT2D eigenvalue weighted by Gasteiger charge is 2.41. The lowest BCUT2D eigenvalue weighted by Crippen LogP contribution is -2.57. The average molecular weight is 362 g/mol. The Bertz CT molecular complexity index is 750. The number of carbonyl (C=O) groups excluding carboxylic acids is 1. The SMILES string of the molecule is COc1ccc(F)c(CN2CCC[C@](O)(CNCc3ccoc3)C2=O)c1. The van der Waals surface area contributed by atoms with Crippen molar-refractivity contribution in [3.8, 4) is 5.75 Å². The lowest BCUT2D eigenvalue weighted by molar-refractivity contribution is -0.157. The molecule has 0 bridgehead atoms. The van der Waals surface area contributed by atoms with Crippen LogP contribution in [0.1, 0.15) is 24.0 Å². The summed E-state index contributed by atoms with van der Waals surface area (Å²) in [5, 5.41) is 13.9. The number of ether oxygens (including phenoxy) is 1. The van der Waals surface area contributed by atoms with Crippen molar-refractivity contribution in [1.29, 1.82) is 0 Å². The third-order valence-electron chi connectivity index (χ3n) is 4.64. The molecule has 1 aromatic heterocycles. The standard InChI is InChI=1S/C19H23FN2O4/c1-25-16-3-4-17(20)15(9-16)11-22-7-2-6-19(24,18(22)23)13-21-10-14-5-8-26-12-14/h3-5,8-9,12,21,24H,2,6-7,10-11,13H2,1H3/t19-/m0/s1. The van der Waals surface area contributed by atoms with Crippen LogP contribution in [0.15, 0.2) is 41.2 Å². The summed E-state index contributed by atoms with van der Waals surface area (Å²) in [6.07, 6.45) is 4.21. The second kappa shape index (κ2) is 7.88. The Morgan fingerprint density at radius 3 is 3.00 bits per heavy atom. The summed E-state index contributed by atoms with van der Waals surface area (Å²) in [6, 6.07) is 6.25. The summed E-state index contributed by atoms with van der Waals surface area (Å²) in [5.41, 5.74) is -0.183. The molecule has 140 valence electrons. The molecule has 2 heterocycles. The topological polar surface area (TPSA) is 74.9 Å². The van der Waals surface area contributed by atoms with Crippen LogP contribution in [0.25, 0.3) is 0 Å². The number of likely N-dealkylation sites (tertiary alicyclic amines) is 1. The van der Waals surface area contributed by atoms with Gasteiger partial charge in [-0.15, -0.1) is 0 Å². The van der Waals surface area contributed by atoms with Gasteiger partial charge in [0, 0.05) is 37.3 Å². The quantitative estimate of drug-likeness (QED) is 0.789. The molecule has 0 unspecified atom stereocenters. The smallest absolute Gasteiger partial charge is 0.256 e. The number of benzene rings is 1. The summed E-state index contributed by atoms with van der Waals surface area (Å²) in [7, 11) is 1.51. The first-order valence-corrected chi connectivity index (χ1v) is 8.58. The monoisotopic (exact) mass is 362 g/mol. The van der Waals surface area contributed by atoms with Crippen LogP contribution in [-0.2, 0) is 17.9 Å². The highest BCUT2D eigenvalue weighted by molar-refractivity contribution is 5.86. The van der Waals surface area contributed by atoms with Crippen LogP contribution >= 0.6 is 0 Å². The lowest BCUT2D eigenvalue weighted by atomic mass is 9.91. The van der Waals surface area contributed by atoms with E-state index in [1.54, 1.807) is 18.6 Å². The normalized spacial score (nSPS) is 20.4. The number of hydrogen-bond acceptors (Lipinski definition) is 5. The van der Waals surface area contributed by atoms with Crippen molar-refractivity contribution in [2.45, 2.75) is 31.5 Å². The van der Waals surface area contributed by atoms with E-state index in [1.807, 2.05) is 6.07 Å². The van der Waals surface area contributed by atoms with Gasteiger partial charge in [0.1, 0.15) is 11.6 Å². The van der Waals surface area contributed by atoms with E-state index in [9.17, 15) is 14.3 Å². The van der Waals surface area contributed by atoms with Gasteiger partial charge in [-0.05, 0) is 37.1 Å². The Balaban J connectivity index is 1.65. The highest BCUT2D eigenvalue weighted by Crippen LogP contribution is 2.26. The maximum absolute atomic E-state index is 14.1. The molecule has 1 aromatic carbocycles. The molecule has 1 amide bonds. The van der Waals surface area contributed by atoms with Gasteiger partial charge in [-0.3, -0.25) is 4.79 Å². The van der Waals surface area contributed by atoms with Crippen LogP contribution in [0.2, 0.25) is 0 Å². The van der Waals surface area contributed by atoms with E-state index < -0.39 is 11.4 Å². The Morgan fingerprint density at radius 2 is 2.27 bits per heavy atom. The van der Waals surface area contributed by atoms with Crippen molar-refractivity contribution in [3.63, 3.8) is 0 Å². The van der Waals surface area contributed by atoms with Crippen LogP contribution in [-0.4, -0.2) is 41.7 Å². The summed E-state index contributed by atoms with van der Waals surface area (Å²) in [6.45, 7) is 1.22. The van der Waals surface area contributed by atoms with Crippen molar-refractivity contribution < 1.29 is 23.4 Å². The fourth-order valence-electron chi connectivity index (χ4n) is 3.19. The number of piperidine rings is 1. The van der Waals surface area contributed by atoms with Gasteiger partial charge in [0.05, 0.1) is 19.6 Å². The molecule has 1 aliphatic rings. The molecule has 0 saturated carbocycles. The summed E-state index contributed by atoms with van der Waals surface area (Å²) in [5.74, 6) is -0.251. The van der Waals surface area contributed by atoms with Crippen molar-refractivity contribution >= 4 is 5.91 Å². The molecule has 2 N–H and O–H groups in total. The van der Waals surface area contributed by atoms with Gasteiger partial charge in [0.2, 0.25) is 0 Å². The van der Waals surface area contributed by atoms with Gasteiger partial charge in [0.25, 0.3) is 5.91 Å². The predicted molar refractivity (Wildman–Crippen MR) is 93.0 cm³/mol. The number of methoxy groups -OCH3 is 1. The zero-order valence-corrected chi connectivity index (χ0v) is 14.7. The van der Waals surface area contributed by atoms with Gasteiger partial charge < -0.3 is 24.5 Å². The van der Waals surface area contributed by atoms with Crippen molar-refractivity contribution in [2.24, 2.45) is 0 Å². The fraction of sp³-hybridized carbons (Fsp3) is 0.421. The molecule has 1 atom stereocenters. The Kier molecular flexibility index (Phi) is 5.58. The van der Waals surface area contributed by atoms with E-state index >= 15 is 0 Å². The second-order valence-electron chi connectivity index (χ2n) is 6.55. The van der Waals surface area contributed by atoms with Gasteiger partial charge in [-0.2, -0.15) is 0 Å². The molecule has 26 heavy (non-hydrogen) atoms. The molecule has 7 heteroatoms. The fourth-order valence-corrected chi connectivity index (χ4v) is 3.19. The van der Waals surface area contributed by atoms with E-state index in [2.05, 4.69) is 5.32 Å². The zero-order valence-electron chi connectivity index (χ0n) is 14.7. The Hall–Kier alpha value is -2.38. The molecular weight excluding hydrogens is 339 g/mol. The predicted octanol–water partition coefficient (Wildman–Crippen LogP) is 2.07. The number of aliphatic hydroxyl groups is 1. The van der Waals surface area contributed by atoms with Crippen molar-refractivity contribution in [1.82, 2.24) is 10.2 Å². The van der Waals surface area contributed by atoms with Gasteiger partial charge in [-0.1, -0.05) is 0 Å². The summed E-state index contributed by atoms with van der Waals surface area (Å²) < 4.78 is 24.2. The van der Waals surface area contributed by atoms with E-state index in [1.165, 1.54) is 24.1 Å². The molecule has 0 aliphatic carbocycles. The number of nitrogens with zero attached hydrogens (tertiary/aromatic N) is 1. The van der Waals surface area contributed by atoms with E-state index in [0.29, 0.717) is 37.2 Å². The number of rotatable bonds is 7. The minimum atomic E-state index is -1.49. The van der Waals surface area contributed by atoms with Gasteiger partial charge in [0.15, 0.2) is 5.60 Å². The first-order valence-electron chi connectivity index (χ1n) is 8.58. The molecule has 2 aromatic rings. The number of amides is 1. The molecular formula is C19H23FN2O4. The minimum Gasteiger partial charge on any atom is -0.497 e. The molecule has 1 aliphatic heterocycles. The first-order chi connectivity index (χ1) is 12.5.